The first kappa shape index (κ1) is 10.6. The molecule has 0 aliphatic rings. The van der Waals surface area contributed by atoms with Crippen LogP contribution in [0.3, 0.4) is 0 Å². The first-order valence-electron chi connectivity index (χ1n) is 4.47. The second kappa shape index (κ2) is 4.12. The van der Waals surface area contributed by atoms with Gasteiger partial charge in [0.15, 0.2) is 0 Å². The van der Waals surface area contributed by atoms with E-state index in [0.717, 1.165) is 17.1 Å². The van der Waals surface area contributed by atoms with Gasteiger partial charge in [-0.15, -0.1) is 0 Å². The summed E-state index contributed by atoms with van der Waals surface area (Å²) in [6.07, 6.45) is 0. The van der Waals surface area contributed by atoms with E-state index in [1.807, 2.05) is 24.3 Å². The Morgan fingerprint density at radius 1 is 1.23 bits per heavy atom. The summed E-state index contributed by atoms with van der Waals surface area (Å²) >= 11 is 6.01. The van der Waals surface area contributed by atoms with Crippen LogP contribution in [0.5, 0.6) is 0 Å². The lowest BCUT2D eigenvalue weighted by Gasteiger charge is -2.20. The first-order chi connectivity index (χ1) is 5.99. The number of benzene rings is 1. The van der Waals surface area contributed by atoms with Gasteiger partial charge in [-0.25, -0.2) is 0 Å². The molecule has 0 saturated carbocycles. The van der Waals surface area contributed by atoms with E-state index in [1.54, 1.807) is 0 Å². The zero-order chi connectivity index (χ0) is 9.90. The fourth-order valence-electron chi connectivity index (χ4n) is 1.00. The Balaban J connectivity index is 2.60. The molecular weight excluding hydrogens is 182 g/mol. The molecule has 0 aliphatic carbocycles. The summed E-state index contributed by atoms with van der Waals surface area (Å²) in [5.41, 5.74) is 1.29. The van der Waals surface area contributed by atoms with E-state index in [4.69, 9.17) is 11.6 Å². The highest BCUT2D eigenvalue weighted by molar-refractivity contribution is 6.31. The lowest BCUT2D eigenvalue weighted by atomic mass is 10.1. The van der Waals surface area contributed by atoms with Crippen molar-refractivity contribution < 1.29 is 0 Å². The van der Waals surface area contributed by atoms with Gasteiger partial charge in [0.25, 0.3) is 0 Å². The smallest absolute Gasteiger partial charge is 0.0450 e. The number of halogens is 1. The topological polar surface area (TPSA) is 12.0 Å². The maximum absolute atomic E-state index is 6.01. The molecule has 0 bridgehead atoms. The minimum Gasteiger partial charge on any atom is -0.308 e. The number of hydrogen-bond acceptors (Lipinski definition) is 1. The van der Waals surface area contributed by atoms with Crippen LogP contribution in [0.1, 0.15) is 26.3 Å². The average molecular weight is 198 g/mol. The normalized spacial score (nSPS) is 11.7. The molecule has 0 amide bonds. The maximum atomic E-state index is 6.01. The molecule has 1 nitrogen and oxygen atoms in total. The van der Waals surface area contributed by atoms with Crippen LogP contribution in [0.25, 0.3) is 0 Å². The van der Waals surface area contributed by atoms with Crippen LogP contribution >= 0.6 is 11.6 Å². The summed E-state index contributed by atoms with van der Waals surface area (Å²) in [7, 11) is 0. The molecule has 0 atom stereocenters. The van der Waals surface area contributed by atoms with Gasteiger partial charge in [-0.1, -0.05) is 29.8 Å². The van der Waals surface area contributed by atoms with Crippen LogP contribution in [0.2, 0.25) is 5.02 Å². The van der Waals surface area contributed by atoms with E-state index in [0.29, 0.717) is 0 Å². The van der Waals surface area contributed by atoms with E-state index in [2.05, 4.69) is 26.1 Å². The Labute approximate surface area is 85.1 Å². The molecule has 0 fully saturated rings. The van der Waals surface area contributed by atoms with Crippen LogP contribution in [0, 0.1) is 0 Å². The lowest BCUT2D eigenvalue weighted by molar-refractivity contribution is 0.424. The number of rotatable bonds is 2. The fraction of sp³-hybridized carbons (Fsp3) is 0.455. The average Bonchev–Trinajstić information content (AvgIpc) is 2.01. The van der Waals surface area contributed by atoms with Crippen molar-refractivity contribution in [3.05, 3.63) is 34.9 Å². The summed E-state index contributed by atoms with van der Waals surface area (Å²) in [6.45, 7) is 7.25. The van der Waals surface area contributed by atoms with Gasteiger partial charge in [-0.2, -0.15) is 0 Å². The third-order valence-corrected chi connectivity index (χ3v) is 2.14. The van der Waals surface area contributed by atoms with Crippen molar-refractivity contribution in [3.8, 4) is 0 Å². The molecular formula is C11H16ClN. The molecule has 0 aromatic heterocycles. The molecule has 72 valence electrons. The highest BCUT2D eigenvalue weighted by Gasteiger charge is 2.09. The van der Waals surface area contributed by atoms with Crippen LogP contribution in [-0.2, 0) is 6.54 Å². The third kappa shape index (κ3) is 3.79. The summed E-state index contributed by atoms with van der Waals surface area (Å²) in [6, 6.07) is 7.91. The van der Waals surface area contributed by atoms with E-state index in [1.165, 1.54) is 0 Å². The van der Waals surface area contributed by atoms with Gasteiger partial charge in [0.1, 0.15) is 0 Å². The van der Waals surface area contributed by atoms with Crippen LogP contribution in [0.15, 0.2) is 24.3 Å². The monoisotopic (exact) mass is 197 g/mol. The zero-order valence-corrected chi connectivity index (χ0v) is 9.15. The number of hydrogen-bond donors (Lipinski definition) is 1. The van der Waals surface area contributed by atoms with Crippen LogP contribution in [0.4, 0.5) is 0 Å². The molecule has 0 unspecified atom stereocenters. The van der Waals surface area contributed by atoms with Crippen molar-refractivity contribution in [2.24, 2.45) is 0 Å². The van der Waals surface area contributed by atoms with Crippen molar-refractivity contribution in [2.75, 3.05) is 0 Å². The lowest BCUT2D eigenvalue weighted by Crippen LogP contribution is -2.35. The second-order valence-corrected chi connectivity index (χ2v) is 4.60. The summed E-state index contributed by atoms with van der Waals surface area (Å²) < 4.78 is 0. The van der Waals surface area contributed by atoms with E-state index in [9.17, 15) is 0 Å². The minimum atomic E-state index is 0.138. The Kier molecular flexibility index (Phi) is 3.34. The van der Waals surface area contributed by atoms with Crippen LogP contribution < -0.4 is 5.32 Å². The molecule has 1 rings (SSSR count). The van der Waals surface area contributed by atoms with Crippen molar-refractivity contribution in [3.63, 3.8) is 0 Å². The van der Waals surface area contributed by atoms with Gasteiger partial charge in [-0.05, 0) is 32.4 Å². The molecule has 1 aromatic rings. The summed E-state index contributed by atoms with van der Waals surface area (Å²) in [5.74, 6) is 0. The summed E-state index contributed by atoms with van der Waals surface area (Å²) in [4.78, 5) is 0. The van der Waals surface area contributed by atoms with Gasteiger partial charge in [0, 0.05) is 17.1 Å². The molecule has 2 heteroatoms. The second-order valence-electron chi connectivity index (χ2n) is 4.19. The maximum Gasteiger partial charge on any atom is 0.0450 e. The Morgan fingerprint density at radius 2 is 1.85 bits per heavy atom. The van der Waals surface area contributed by atoms with Gasteiger partial charge < -0.3 is 5.32 Å². The predicted molar refractivity (Wildman–Crippen MR) is 58.0 cm³/mol. The molecule has 0 saturated heterocycles. The Bertz CT molecular complexity index is 276. The predicted octanol–water partition coefficient (Wildman–Crippen LogP) is 3.23. The SMILES string of the molecule is CC(C)(C)NCc1ccccc1Cl. The largest absolute Gasteiger partial charge is 0.308 e. The fourth-order valence-corrected chi connectivity index (χ4v) is 1.20. The van der Waals surface area contributed by atoms with E-state index >= 15 is 0 Å². The molecule has 1 N–H and O–H groups in total. The highest BCUT2D eigenvalue weighted by atomic mass is 35.5. The standard InChI is InChI=1S/C11H16ClN/c1-11(2,3)13-8-9-6-4-5-7-10(9)12/h4-7,13H,8H2,1-3H3. The van der Waals surface area contributed by atoms with Crippen molar-refractivity contribution in [1.82, 2.24) is 5.32 Å². The van der Waals surface area contributed by atoms with Crippen LogP contribution in [-0.4, -0.2) is 5.54 Å². The minimum absolute atomic E-state index is 0.138. The molecule has 0 spiro atoms. The Morgan fingerprint density at radius 3 is 2.38 bits per heavy atom. The molecule has 1 aromatic carbocycles. The molecule has 0 aliphatic heterocycles. The number of nitrogens with one attached hydrogen (secondary N) is 1. The Hall–Kier alpha value is -0.530. The van der Waals surface area contributed by atoms with Gasteiger partial charge in [0.05, 0.1) is 0 Å². The highest BCUT2D eigenvalue weighted by Crippen LogP contribution is 2.15. The van der Waals surface area contributed by atoms with Gasteiger partial charge in [-0.3, -0.25) is 0 Å². The molecule has 0 radical (unpaired) electrons. The van der Waals surface area contributed by atoms with E-state index in [-0.39, 0.29) is 5.54 Å². The molecule has 13 heavy (non-hydrogen) atoms. The van der Waals surface area contributed by atoms with Crippen molar-refractivity contribution in [2.45, 2.75) is 32.9 Å². The summed E-state index contributed by atoms with van der Waals surface area (Å²) in [5, 5.41) is 4.23. The van der Waals surface area contributed by atoms with Crippen molar-refractivity contribution in [1.29, 1.82) is 0 Å². The van der Waals surface area contributed by atoms with Crippen molar-refractivity contribution >= 4 is 11.6 Å². The first-order valence-corrected chi connectivity index (χ1v) is 4.85. The van der Waals surface area contributed by atoms with Gasteiger partial charge in [0.2, 0.25) is 0 Å². The quantitative estimate of drug-likeness (QED) is 0.768. The zero-order valence-electron chi connectivity index (χ0n) is 8.39. The van der Waals surface area contributed by atoms with Gasteiger partial charge >= 0.3 is 0 Å². The van der Waals surface area contributed by atoms with E-state index < -0.39 is 0 Å². The third-order valence-electron chi connectivity index (χ3n) is 1.77. The molecule has 0 heterocycles.